The minimum Gasteiger partial charge on any atom is -0.444 e. The predicted octanol–water partition coefficient (Wildman–Crippen LogP) is 4.62. The van der Waals surface area contributed by atoms with E-state index in [9.17, 15) is 4.79 Å². The molecule has 2 aromatic heterocycles. The topological polar surface area (TPSA) is 77.7 Å². The Morgan fingerprint density at radius 3 is 2.76 bits per heavy atom. The van der Waals surface area contributed by atoms with Crippen LogP contribution in [0, 0.1) is 0 Å². The number of carbonyl (C=O) groups excluding carboxylic acids is 1. The number of benzene rings is 1. The molecule has 0 aliphatic carbocycles. The molecule has 0 spiro atoms. The molecule has 37 heavy (non-hydrogen) atoms. The quantitative estimate of drug-likeness (QED) is 0.518. The van der Waals surface area contributed by atoms with Crippen LogP contribution in [0.1, 0.15) is 56.5 Å². The van der Waals surface area contributed by atoms with Gasteiger partial charge in [-0.05, 0) is 63.3 Å². The summed E-state index contributed by atoms with van der Waals surface area (Å²) >= 11 is 0. The lowest BCUT2D eigenvalue weighted by Gasteiger charge is -2.33. The van der Waals surface area contributed by atoms with Crippen LogP contribution in [-0.2, 0) is 35.9 Å². The summed E-state index contributed by atoms with van der Waals surface area (Å²) in [5, 5.41) is 9.56. The van der Waals surface area contributed by atoms with Crippen molar-refractivity contribution in [2.24, 2.45) is 7.05 Å². The van der Waals surface area contributed by atoms with Gasteiger partial charge in [-0.25, -0.2) is 4.79 Å². The Morgan fingerprint density at radius 1 is 1.16 bits per heavy atom. The molecule has 0 bridgehead atoms. The van der Waals surface area contributed by atoms with Crippen LogP contribution in [0.3, 0.4) is 0 Å². The molecule has 6 rings (SSSR count). The Balaban J connectivity index is 1.37. The number of anilines is 2. The number of rotatable bonds is 3. The second-order valence-electron chi connectivity index (χ2n) is 11.4. The summed E-state index contributed by atoms with van der Waals surface area (Å²) < 4.78 is 15.5. The molecule has 9 heteroatoms. The van der Waals surface area contributed by atoms with Crippen molar-refractivity contribution in [2.45, 2.75) is 64.6 Å². The van der Waals surface area contributed by atoms with Crippen molar-refractivity contribution in [2.75, 3.05) is 31.2 Å². The predicted molar refractivity (Wildman–Crippen MR) is 141 cm³/mol. The molecule has 1 amide bonds. The number of hydrogen-bond donors (Lipinski definition) is 0. The minimum atomic E-state index is -0.524. The van der Waals surface area contributed by atoms with Gasteiger partial charge in [0.05, 0.1) is 25.4 Å². The van der Waals surface area contributed by atoms with E-state index in [-0.39, 0.29) is 12.1 Å². The number of aryl methyl sites for hydroxylation is 2. The van der Waals surface area contributed by atoms with E-state index in [2.05, 4.69) is 39.1 Å². The van der Waals surface area contributed by atoms with Crippen LogP contribution in [0.15, 0.2) is 30.6 Å². The zero-order valence-electron chi connectivity index (χ0n) is 22.2. The van der Waals surface area contributed by atoms with Gasteiger partial charge in [0.2, 0.25) is 0 Å². The first-order valence-electron chi connectivity index (χ1n) is 13.3. The molecule has 0 radical (unpaired) electrons. The van der Waals surface area contributed by atoms with Crippen molar-refractivity contribution in [1.29, 1.82) is 0 Å². The molecule has 1 unspecified atom stereocenters. The normalized spacial score (nSPS) is 19.6. The van der Waals surface area contributed by atoms with Crippen LogP contribution in [-0.4, -0.2) is 62.5 Å². The van der Waals surface area contributed by atoms with Gasteiger partial charge < -0.3 is 19.3 Å². The van der Waals surface area contributed by atoms with Crippen molar-refractivity contribution in [3.05, 3.63) is 47.4 Å². The largest absolute Gasteiger partial charge is 0.444 e. The lowest BCUT2D eigenvalue weighted by molar-refractivity contribution is 0.0222. The highest BCUT2D eigenvalue weighted by molar-refractivity contribution is 5.75. The van der Waals surface area contributed by atoms with Gasteiger partial charge in [0, 0.05) is 61.9 Å². The molecule has 196 valence electrons. The van der Waals surface area contributed by atoms with Crippen LogP contribution < -0.4 is 4.90 Å². The van der Waals surface area contributed by atoms with Gasteiger partial charge in [-0.1, -0.05) is 6.07 Å². The molecular formula is C28H36N6O3. The highest BCUT2D eigenvalue weighted by Crippen LogP contribution is 2.40. The van der Waals surface area contributed by atoms with Crippen LogP contribution >= 0.6 is 0 Å². The number of carbonyl (C=O) groups is 1. The summed E-state index contributed by atoms with van der Waals surface area (Å²) in [4.78, 5) is 17.2. The molecule has 1 saturated heterocycles. The van der Waals surface area contributed by atoms with E-state index < -0.39 is 5.60 Å². The van der Waals surface area contributed by atoms with Crippen molar-refractivity contribution < 1.29 is 14.3 Å². The number of ether oxygens (including phenoxy) is 2. The van der Waals surface area contributed by atoms with Gasteiger partial charge in [0.25, 0.3) is 0 Å². The Bertz CT molecular complexity index is 1310. The van der Waals surface area contributed by atoms with E-state index in [4.69, 9.17) is 14.6 Å². The Labute approximate surface area is 217 Å². The van der Waals surface area contributed by atoms with Crippen LogP contribution in [0.25, 0.3) is 11.1 Å². The van der Waals surface area contributed by atoms with Crippen molar-refractivity contribution in [3.63, 3.8) is 0 Å². The van der Waals surface area contributed by atoms with Crippen molar-refractivity contribution in [3.8, 4) is 11.1 Å². The van der Waals surface area contributed by atoms with Crippen LogP contribution in [0.4, 0.5) is 16.3 Å². The summed E-state index contributed by atoms with van der Waals surface area (Å²) in [6.45, 7) is 9.22. The maximum atomic E-state index is 13.0. The van der Waals surface area contributed by atoms with Gasteiger partial charge in [-0.15, -0.1) is 0 Å². The van der Waals surface area contributed by atoms with E-state index in [1.165, 1.54) is 22.5 Å². The fourth-order valence-electron chi connectivity index (χ4n) is 5.71. The van der Waals surface area contributed by atoms with Crippen LogP contribution in [0.5, 0.6) is 0 Å². The van der Waals surface area contributed by atoms with Crippen molar-refractivity contribution >= 4 is 17.6 Å². The SMILES string of the molecule is Cn1cc(-c2ccc3c(c2)CCCN3c2nn(C3CCOC3)c3c2CN(C(=O)OC(C)(C)C)CC3)cn1. The average Bonchev–Trinajstić information content (AvgIpc) is 3.62. The zero-order chi connectivity index (χ0) is 25.7. The number of hydrogen-bond acceptors (Lipinski definition) is 6. The molecule has 1 atom stereocenters. The Hall–Kier alpha value is -3.33. The zero-order valence-corrected chi connectivity index (χ0v) is 22.2. The maximum Gasteiger partial charge on any atom is 0.410 e. The molecule has 3 aromatic rings. The van der Waals surface area contributed by atoms with Gasteiger partial charge >= 0.3 is 6.09 Å². The number of fused-ring (bicyclic) bond motifs is 2. The fraction of sp³-hybridized carbons (Fsp3) is 0.536. The smallest absolute Gasteiger partial charge is 0.410 e. The summed E-state index contributed by atoms with van der Waals surface area (Å²) in [7, 11) is 1.94. The first-order valence-corrected chi connectivity index (χ1v) is 13.3. The first kappa shape index (κ1) is 24.0. The Kier molecular flexibility index (Phi) is 5.98. The van der Waals surface area contributed by atoms with Gasteiger partial charge in [-0.2, -0.15) is 10.2 Å². The monoisotopic (exact) mass is 504 g/mol. The third-order valence-electron chi connectivity index (χ3n) is 7.46. The highest BCUT2D eigenvalue weighted by Gasteiger charge is 2.35. The molecule has 9 nitrogen and oxygen atoms in total. The second-order valence-corrected chi connectivity index (χ2v) is 11.4. The summed E-state index contributed by atoms with van der Waals surface area (Å²) in [6, 6.07) is 6.93. The standard InChI is InChI=1S/C28H36N6O3/c1-28(2,3)37-27(35)32-12-9-25-23(17-32)26(30-34(25)22-10-13-36-18-22)33-11-5-6-20-14-19(7-8-24(20)33)21-15-29-31(4)16-21/h7-8,14-16,22H,5-6,9-13,17-18H2,1-4H3. The molecule has 1 aromatic carbocycles. The average molecular weight is 505 g/mol. The summed E-state index contributed by atoms with van der Waals surface area (Å²) in [6.07, 6.45) is 7.51. The molecule has 0 N–H and O–H groups in total. The molecular weight excluding hydrogens is 468 g/mol. The van der Waals surface area contributed by atoms with Crippen LogP contribution in [0.2, 0.25) is 0 Å². The lowest BCUT2D eigenvalue weighted by Crippen LogP contribution is -2.40. The Morgan fingerprint density at radius 2 is 2.03 bits per heavy atom. The third kappa shape index (κ3) is 4.61. The number of aromatic nitrogens is 4. The summed E-state index contributed by atoms with van der Waals surface area (Å²) in [5.74, 6) is 0.963. The van der Waals surface area contributed by atoms with Gasteiger partial charge in [0.1, 0.15) is 5.60 Å². The molecule has 3 aliphatic heterocycles. The number of amides is 1. The lowest BCUT2D eigenvalue weighted by atomic mass is 9.96. The molecule has 1 fully saturated rings. The molecule has 5 heterocycles. The fourth-order valence-corrected chi connectivity index (χ4v) is 5.71. The first-order chi connectivity index (χ1) is 17.8. The number of nitrogens with zero attached hydrogens (tertiary/aromatic N) is 6. The van der Waals surface area contributed by atoms with E-state index >= 15 is 0 Å². The third-order valence-corrected chi connectivity index (χ3v) is 7.46. The van der Waals surface area contributed by atoms with E-state index in [0.29, 0.717) is 19.7 Å². The second kappa shape index (κ2) is 9.20. The van der Waals surface area contributed by atoms with E-state index in [0.717, 1.165) is 55.8 Å². The maximum absolute atomic E-state index is 13.0. The van der Waals surface area contributed by atoms with E-state index in [1.54, 1.807) is 0 Å². The van der Waals surface area contributed by atoms with Crippen molar-refractivity contribution in [1.82, 2.24) is 24.5 Å². The highest BCUT2D eigenvalue weighted by atomic mass is 16.6. The molecule has 0 saturated carbocycles. The van der Waals surface area contributed by atoms with Gasteiger partial charge in [-0.3, -0.25) is 9.36 Å². The van der Waals surface area contributed by atoms with E-state index in [1.807, 2.05) is 43.6 Å². The van der Waals surface area contributed by atoms with Gasteiger partial charge in [0.15, 0.2) is 5.82 Å². The molecule has 3 aliphatic rings. The summed E-state index contributed by atoms with van der Waals surface area (Å²) in [5.41, 5.74) is 6.66. The minimum absolute atomic E-state index is 0.243.